The van der Waals surface area contributed by atoms with Gasteiger partial charge in [0, 0.05) is 47.2 Å². The number of benzene rings is 1. The maximum Gasteiger partial charge on any atom is 0.252 e. The molecule has 0 spiro atoms. The summed E-state index contributed by atoms with van der Waals surface area (Å²) in [5, 5.41) is 3.51. The summed E-state index contributed by atoms with van der Waals surface area (Å²) in [5.74, 6) is 2.29. The van der Waals surface area contributed by atoms with E-state index in [9.17, 15) is 4.79 Å². The highest BCUT2D eigenvalue weighted by molar-refractivity contribution is 9.10. The van der Waals surface area contributed by atoms with Crippen LogP contribution in [0.3, 0.4) is 0 Å². The molecule has 1 heterocycles. The summed E-state index contributed by atoms with van der Waals surface area (Å²) in [4.78, 5) is 14.4. The first-order valence-electron chi connectivity index (χ1n) is 6.20. The van der Waals surface area contributed by atoms with E-state index in [4.69, 9.17) is 11.6 Å². The SMILES string of the molecule is O=C(NCCN1CCSCC1)c1cc(Cl)ccc1Br. The summed E-state index contributed by atoms with van der Waals surface area (Å²) in [6.45, 7) is 3.80. The molecule has 0 radical (unpaired) electrons. The molecule has 104 valence electrons. The van der Waals surface area contributed by atoms with E-state index >= 15 is 0 Å². The molecular formula is C13H16BrClN2OS. The number of hydrogen-bond donors (Lipinski definition) is 1. The lowest BCUT2D eigenvalue weighted by Gasteiger charge is -2.26. The second-order valence-corrected chi connectivity index (χ2v) is 6.85. The third-order valence-electron chi connectivity index (χ3n) is 2.99. The molecule has 1 amide bonds. The van der Waals surface area contributed by atoms with Crippen LogP contribution in [0.4, 0.5) is 0 Å². The van der Waals surface area contributed by atoms with E-state index in [0.717, 1.165) is 24.1 Å². The summed E-state index contributed by atoms with van der Waals surface area (Å²) in [5.41, 5.74) is 0.585. The van der Waals surface area contributed by atoms with E-state index in [1.807, 2.05) is 11.8 Å². The van der Waals surface area contributed by atoms with Crippen molar-refractivity contribution in [2.24, 2.45) is 0 Å². The molecule has 6 heteroatoms. The number of hydrogen-bond acceptors (Lipinski definition) is 3. The Bertz CT molecular complexity index is 452. The van der Waals surface area contributed by atoms with Gasteiger partial charge < -0.3 is 5.32 Å². The van der Waals surface area contributed by atoms with Crippen molar-refractivity contribution in [3.63, 3.8) is 0 Å². The summed E-state index contributed by atoms with van der Waals surface area (Å²) in [6, 6.07) is 5.23. The van der Waals surface area contributed by atoms with Gasteiger partial charge in [0.15, 0.2) is 0 Å². The van der Waals surface area contributed by atoms with Crippen molar-refractivity contribution < 1.29 is 4.79 Å². The van der Waals surface area contributed by atoms with Crippen LogP contribution < -0.4 is 5.32 Å². The largest absolute Gasteiger partial charge is 0.351 e. The molecule has 0 saturated carbocycles. The van der Waals surface area contributed by atoms with E-state index in [-0.39, 0.29) is 5.91 Å². The number of thioether (sulfide) groups is 1. The van der Waals surface area contributed by atoms with Crippen LogP contribution in [0.1, 0.15) is 10.4 Å². The minimum atomic E-state index is -0.0826. The molecule has 1 aliphatic heterocycles. The molecule has 0 unspecified atom stereocenters. The molecule has 1 saturated heterocycles. The smallest absolute Gasteiger partial charge is 0.252 e. The van der Waals surface area contributed by atoms with Crippen molar-refractivity contribution in [1.82, 2.24) is 10.2 Å². The van der Waals surface area contributed by atoms with Crippen LogP contribution in [-0.2, 0) is 0 Å². The van der Waals surface area contributed by atoms with Crippen molar-refractivity contribution in [3.8, 4) is 0 Å². The molecule has 3 nitrogen and oxygen atoms in total. The Morgan fingerprint density at radius 2 is 2.16 bits per heavy atom. The Morgan fingerprint density at radius 3 is 2.89 bits per heavy atom. The number of nitrogens with zero attached hydrogens (tertiary/aromatic N) is 1. The van der Waals surface area contributed by atoms with Gasteiger partial charge in [0.05, 0.1) is 5.56 Å². The summed E-state index contributed by atoms with van der Waals surface area (Å²) in [6.07, 6.45) is 0. The topological polar surface area (TPSA) is 32.3 Å². The van der Waals surface area contributed by atoms with Crippen molar-refractivity contribution in [1.29, 1.82) is 0 Å². The molecule has 0 atom stereocenters. The highest BCUT2D eigenvalue weighted by Gasteiger charge is 2.12. The van der Waals surface area contributed by atoms with Gasteiger partial charge >= 0.3 is 0 Å². The lowest BCUT2D eigenvalue weighted by atomic mass is 10.2. The first-order valence-corrected chi connectivity index (χ1v) is 8.53. The van der Waals surface area contributed by atoms with Gasteiger partial charge in [-0.05, 0) is 34.1 Å². The Kier molecular flexibility index (Phi) is 6.01. The van der Waals surface area contributed by atoms with Crippen molar-refractivity contribution in [2.75, 3.05) is 37.7 Å². The van der Waals surface area contributed by atoms with Gasteiger partial charge in [-0.1, -0.05) is 11.6 Å². The maximum absolute atomic E-state index is 12.0. The summed E-state index contributed by atoms with van der Waals surface area (Å²) < 4.78 is 0.767. The summed E-state index contributed by atoms with van der Waals surface area (Å²) in [7, 11) is 0. The van der Waals surface area contributed by atoms with E-state index in [0.29, 0.717) is 17.1 Å². The van der Waals surface area contributed by atoms with Crippen LogP contribution in [0, 0.1) is 0 Å². The van der Waals surface area contributed by atoms with Crippen LogP contribution in [0.5, 0.6) is 0 Å². The molecule has 1 N–H and O–H groups in total. The molecule has 0 bridgehead atoms. The zero-order valence-corrected chi connectivity index (χ0v) is 13.7. The van der Waals surface area contributed by atoms with Gasteiger partial charge in [-0.25, -0.2) is 0 Å². The average molecular weight is 364 g/mol. The van der Waals surface area contributed by atoms with Crippen LogP contribution in [0.15, 0.2) is 22.7 Å². The molecule has 1 aliphatic rings. The number of amides is 1. The predicted octanol–water partition coefficient (Wildman–Crippen LogP) is 2.88. The maximum atomic E-state index is 12.0. The fourth-order valence-electron chi connectivity index (χ4n) is 1.92. The fourth-order valence-corrected chi connectivity index (χ4v) is 3.50. The minimum absolute atomic E-state index is 0.0826. The molecule has 1 aromatic rings. The molecule has 0 aromatic heterocycles. The average Bonchev–Trinajstić information content (AvgIpc) is 2.42. The normalized spacial score (nSPS) is 16.3. The van der Waals surface area contributed by atoms with Crippen LogP contribution in [-0.4, -0.2) is 48.5 Å². The third-order valence-corrected chi connectivity index (χ3v) is 4.86. The summed E-state index contributed by atoms with van der Waals surface area (Å²) >= 11 is 11.3. The van der Waals surface area contributed by atoms with Crippen molar-refractivity contribution in [2.45, 2.75) is 0 Å². The van der Waals surface area contributed by atoms with E-state index in [1.165, 1.54) is 11.5 Å². The van der Waals surface area contributed by atoms with Crippen molar-refractivity contribution >= 4 is 45.2 Å². The molecule has 1 aromatic carbocycles. The van der Waals surface area contributed by atoms with Crippen LogP contribution >= 0.6 is 39.3 Å². The second-order valence-electron chi connectivity index (χ2n) is 4.33. The molecule has 19 heavy (non-hydrogen) atoms. The first-order chi connectivity index (χ1) is 9.16. The van der Waals surface area contributed by atoms with Crippen molar-refractivity contribution in [3.05, 3.63) is 33.3 Å². The standard InChI is InChI=1S/C13H16BrClN2OS/c14-12-2-1-10(15)9-11(12)13(18)16-3-4-17-5-7-19-8-6-17/h1-2,9H,3-8H2,(H,16,18). The molecule has 1 fully saturated rings. The number of nitrogens with one attached hydrogen (secondary N) is 1. The van der Waals surface area contributed by atoms with Crippen LogP contribution in [0.2, 0.25) is 5.02 Å². The van der Waals surface area contributed by atoms with Crippen LogP contribution in [0.25, 0.3) is 0 Å². The highest BCUT2D eigenvalue weighted by Crippen LogP contribution is 2.20. The highest BCUT2D eigenvalue weighted by atomic mass is 79.9. The number of halogens is 2. The van der Waals surface area contributed by atoms with E-state index in [2.05, 4.69) is 26.1 Å². The molecule has 0 aliphatic carbocycles. The Labute approximate surface area is 131 Å². The number of rotatable bonds is 4. The van der Waals surface area contributed by atoms with E-state index < -0.39 is 0 Å². The predicted molar refractivity (Wildman–Crippen MR) is 85.3 cm³/mol. The third kappa shape index (κ3) is 4.67. The fraction of sp³-hybridized carbons (Fsp3) is 0.462. The Morgan fingerprint density at radius 1 is 1.42 bits per heavy atom. The van der Waals surface area contributed by atoms with Gasteiger partial charge in [-0.3, -0.25) is 9.69 Å². The van der Waals surface area contributed by atoms with Gasteiger partial charge in [0.1, 0.15) is 0 Å². The lowest BCUT2D eigenvalue weighted by molar-refractivity contribution is 0.0948. The van der Waals surface area contributed by atoms with Gasteiger partial charge in [0.2, 0.25) is 0 Å². The van der Waals surface area contributed by atoms with Gasteiger partial charge in [-0.15, -0.1) is 0 Å². The Balaban J connectivity index is 1.82. The first kappa shape index (κ1) is 15.2. The van der Waals surface area contributed by atoms with E-state index in [1.54, 1.807) is 18.2 Å². The number of carbonyl (C=O) groups is 1. The Hall–Kier alpha value is -0.230. The quantitative estimate of drug-likeness (QED) is 0.893. The van der Waals surface area contributed by atoms with Gasteiger partial charge in [0.25, 0.3) is 5.91 Å². The molecular weight excluding hydrogens is 348 g/mol. The monoisotopic (exact) mass is 362 g/mol. The zero-order chi connectivity index (χ0) is 13.7. The lowest BCUT2D eigenvalue weighted by Crippen LogP contribution is -2.39. The zero-order valence-electron chi connectivity index (χ0n) is 10.5. The van der Waals surface area contributed by atoms with Gasteiger partial charge in [-0.2, -0.15) is 11.8 Å². The molecule has 2 rings (SSSR count). The second kappa shape index (κ2) is 7.53. The minimum Gasteiger partial charge on any atom is -0.351 e. The number of carbonyl (C=O) groups excluding carboxylic acids is 1.